The number of hydrogen-bond donors (Lipinski definition) is 1. The van der Waals surface area contributed by atoms with E-state index in [1.807, 2.05) is 36.1 Å². The molecule has 1 fully saturated rings. The van der Waals surface area contributed by atoms with Gasteiger partial charge < -0.3 is 15.0 Å². The number of carbonyl (C=O) groups excluding carboxylic acids is 1. The summed E-state index contributed by atoms with van der Waals surface area (Å²) >= 11 is 0. The lowest BCUT2D eigenvalue weighted by atomic mass is 9.99. The highest BCUT2D eigenvalue weighted by Crippen LogP contribution is 2.23. The minimum atomic E-state index is -0.00394. The van der Waals surface area contributed by atoms with Crippen molar-refractivity contribution in [2.24, 2.45) is 0 Å². The van der Waals surface area contributed by atoms with E-state index in [4.69, 9.17) is 4.74 Å². The lowest BCUT2D eigenvalue weighted by Crippen LogP contribution is -2.43. The fourth-order valence-electron chi connectivity index (χ4n) is 3.40. The summed E-state index contributed by atoms with van der Waals surface area (Å²) in [4.78, 5) is 23.9. The highest BCUT2D eigenvalue weighted by molar-refractivity contribution is 5.93. The van der Waals surface area contributed by atoms with Gasteiger partial charge in [-0.1, -0.05) is 13.0 Å². The van der Waals surface area contributed by atoms with Crippen LogP contribution in [0.3, 0.4) is 0 Å². The molecule has 0 aliphatic carbocycles. The van der Waals surface area contributed by atoms with Gasteiger partial charge in [0.1, 0.15) is 11.4 Å². The van der Waals surface area contributed by atoms with Gasteiger partial charge in [0.05, 0.1) is 7.11 Å². The van der Waals surface area contributed by atoms with Gasteiger partial charge in [-0.3, -0.25) is 4.79 Å². The van der Waals surface area contributed by atoms with Crippen molar-refractivity contribution in [3.8, 4) is 5.75 Å². The predicted octanol–water partition coefficient (Wildman–Crippen LogP) is 3.94. The summed E-state index contributed by atoms with van der Waals surface area (Å²) in [5.74, 6) is 1.17. The molecule has 6 heteroatoms. The van der Waals surface area contributed by atoms with Crippen LogP contribution < -0.4 is 10.1 Å². The lowest BCUT2D eigenvalue weighted by molar-refractivity contribution is 0.0602. The molecule has 6 nitrogen and oxygen atoms in total. The first-order valence-corrected chi connectivity index (χ1v) is 9.18. The minimum absolute atomic E-state index is 0.00394. The molecule has 1 aliphatic heterocycles. The van der Waals surface area contributed by atoms with Crippen LogP contribution in [0.1, 0.15) is 48.8 Å². The Hall–Kier alpha value is -2.63. The van der Waals surface area contributed by atoms with E-state index in [0.29, 0.717) is 17.7 Å². The molecular weight excluding hydrogens is 328 g/mol. The van der Waals surface area contributed by atoms with Gasteiger partial charge in [0, 0.05) is 30.0 Å². The first-order valence-electron chi connectivity index (χ1n) is 9.18. The van der Waals surface area contributed by atoms with Crippen LogP contribution in [0.15, 0.2) is 30.3 Å². The van der Waals surface area contributed by atoms with Crippen LogP contribution in [0.5, 0.6) is 5.75 Å². The largest absolute Gasteiger partial charge is 0.497 e. The van der Waals surface area contributed by atoms with Crippen molar-refractivity contribution in [3.05, 3.63) is 41.7 Å². The van der Waals surface area contributed by atoms with E-state index in [-0.39, 0.29) is 5.91 Å². The molecule has 1 aliphatic rings. The number of nitrogens with zero attached hydrogens (tertiary/aromatic N) is 3. The molecule has 138 valence electrons. The Morgan fingerprint density at radius 3 is 2.92 bits per heavy atom. The van der Waals surface area contributed by atoms with Gasteiger partial charge in [0.2, 0.25) is 5.95 Å². The van der Waals surface area contributed by atoms with Gasteiger partial charge in [0.15, 0.2) is 0 Å². The third-order valence-electron chi connectivity index (χ3n) is 4.76. The maximum Gasteiger partial charge on any atom is 0.272 e. The van der Waals surface area contributed by atoms with Crippen LogP contribution in [0, 0.1) is 6.92 Å². The van der Waals surface area contributed by atoms with Crippen molar-refractivity contribution in [3.63, 3.8) is 0 Å². The van der Waals surface area contributed by atoms with Gasteiger partial charge >= 0.3 is 0 Å². The van der Waals surface area contributed by atoms with E-state index < -0.39 is 0 Å². The molecule has 0 bridgehead atoms. The molecular formula is C20H26N4O2. The Labute approximate surface area is 154 Å². The van der Waals surface area contributed by atoms with Crippen LogP contribution in [0.2, 0.25) is 0 Å². The van der Waals surface area contributed by atoms with Crippen LogP contribution in [-0.4, -0.2) is 40.5 Å². The van der Waals surface area contributed by atoms with E-state index >= 15 is 0 Å². The zero-order valence-electron chi connectivity index (χ0n) is 15.7. The molecule has 0 spiro atoms. The number of carbonyl (C=O) groups is 1. The zero-order chi connectivity index (χ0) is 18.5. The second-order valence-electron chi connectivity index (χ2n) is 6.63. The average molecular weight is 354 g/mol. The van der Waals surface area contributed by atoms with E-state index in [1.54, 1.807) is 13.2 Å². The highest BCUT2D eigenvalue weighted by atomic mass is 16.5. The van der Waals surface area contributed by atoms with Crippen LogP contribution >= 0.6 is 0 Å². The van der Waals surface area contributed by atoms with Crippen LogP contribution in [0.25, 0.3) is 0 Å². The topological polar surface area (TPSA) is 67.4 Å². The fourth-order valence-corrected chi connectivity index (χ4v) is 3.40. The Balaban J connectivity index is 1.83. The van der Waals surface area contributed by atoms with Gasteiger partial charge in [-0.15, -0.1) is 0 Å². The van der Waals surface area contributed by atoms with Crippen molar-refractivity contribution >= 4 is 17.5 Å². The number of methoxy groups -OCH3 is 1. The highest BCUT2D eigenvalue weighted by Gasteiger charge is 2.27. The minimum Gasteiger partial charge on any atom is -0.497 e. The molecule has 1 N–H and O–H groups in total. The summed E-state index contributed by atoms with van der Waals surface area (Å²) in [6, 6.07) is 9.61. The fraction of sp³-hybridized carbons (Fsp3) is 0.450. The molecule has 1 amide bonds. The Morgan fingerprint density at radius 2 is 2.15 bits per heavy atom. The molecule has 0 radical (unpaired) electrons. The molecule has 3 rings (SSSR count). The number of benzene rings is 1. The maximum atomic E-state index is 13.0. The van der Waals surface area contributed by atoms with E-state index in [9.17, 15) is 4.79 Å². The lowest BCUT2D eigenvalue weighted by Gasteiger charge is -2.35. The number of rotatable bonds is 5. The maximum absolute atomic E-state index is 13.0. The summed E-state index contributed by atoms with van der Waals surface area (Å²) < 4.78 is 5.24. The Kier molecular flexibility index (Phi) is 5.71. The molecule has 1 unspecified atom stereocenters. The van der Waals surface area contributed by atoms with Gasteiger partial charge in [-0.25, -0.2) is 9.97 Å². The molecule has 1 saturated heterocycles. The Bertz CT molecular complexity index is 778. The first-order chi connectivity index (χ1) is 12.6. The SMILES string of the molecule is CCC1CCCCN1C(=O)c1cc(C)nc(Nc2cccc(OC)c2)n1. The van der Waals surface area contributed by atoms with Crippen molar-refractivity contribution < 1.29 is 9.53 Å². The molecule has 1 aromatic carbocycles. The summed E-state index contributed by atoms with van der Waals surface area (Å²) in [5, 5.41) is 3.17. The molecule has 1 atom stereocenters. The quantitative estimate of drug-likeness (QED) is 0.881. The smallest absolute Gasteiger partial charge is 0.272 e. The van der Waals surface area contributed by atoms with Crippen LogP contribution in [-0.2, 0) is 0 Å². The van der Waals surface area contributed by atoms with E-state index in [0.717, 1.165) is 42.9 Å². The summed E-state index contributed by atoms with van der Waals surface area (Å²) in [6.45, 7) is 4.82. The van der Waals surface area contributed by atoms with E-state index in [2.05, 4.69) is 22.2 Å². The number of amides is 1. The summed E-state index contributed by atoms with van der Waals surface area (Å²) in [5.41, 5.74) is 2.03. The number of hydrogen-bond acceptors (Lipinski definition) is 5. The number of nitrogens with one attached hydrogen (secondary N) is 1. The van der Waals surface area contributed by atoms with Crippen molar-refractivity contribution in [1.29, 1.82) is 0 Å². The monoisotopic (exact) mass is 354 g/mol. The second-order valence-corrected chi connectivity index (χ2v) is 6.63. The average Bonchev–Trinajstić information content (AvgIpc) is 2.67. The molecule has 0 saturated carbocycles. The van der Waals surface area contributed by atoms with Gasteiger partial charge in [-0.05, 0) is 50.8 Å². The molecule has 1 aromatic heterocycles. The van der Waals surface area contributed by atoms with Crippen molar-refractivity contribution in [2.45, 2.75) is 45.6 Å². The van der Waals surface area contributed by atoms with Gasteiger partial charge in [0.25, 0.3) is 5.91 Å². The second kappa shape index (κ2) is 8.17. The van der Waals surface area contributed by atoms with Crippen molar-refractivity contribution in [1.82, 2.24) is 14.9 Å². The number of aromatic nitrogens is 2. The molecule has 2 heterocycles. The number of aryl methyl sites for hydroxylation is 1. The van der Waals surface area contributed by atoms with Gasteiger partial charge in [-0.2, -0.15) is 0 Å². The zero-order valence-corrected chi connectivity index (χ0v) is 15.7. The van der Waals surface area contributed by atoms with Crippen molar-refractivity contribution in [2.75, 3.05) is 19.0 Å². The normalized spacial score (nSPS) is 17.0. The summed E-state index contributed by atoms with van der Waals surface area (Å²) in [7, 11) is 1.63. The number of likely N-dealkylation sites (tertiary alicyclic amines) is 1. The number of ether oxygens (including phenoxy) is 1. The third kappa shape index (κ3) is 4.12. The third-order valence-corrected chi connectivity index (χ3v) is 4.76. The number of piperidine rings is 1. The molecule has 2 aromatic rings. The first kappa shape index (κ1) is 18.2. The predicted molar refractivity (Wildman–Crippen MR) is 102 cm³/mol. The summed E-state index contributed by atoms with van der Waals surface area (Å²) in [6.07, 6.45) is 4.29. The van der Waals surface area contributed by atoms with E-state index in [1.165, 1.54) is 6.42 Å². The Morgan fingerprint density at radius 1 is 1.31 bits per heavy atom. The standard InChI is InChI=1S/C20H26N4O2/c1-4-16-9-5-6-11-24(16)19(25)18-12-14(2)21-20(23-18)22-15-8-7-10-17(13-15)26-3/h7-8,10,12-13,16H,4-6,9,11H2,1-3H3,(H,21,22,23). The molecule has 26 heavy (non-hydrogen) atoms. The number of anilines is 2. The van der Waals surface area contributed by atoms with Crippen LogP contribution in [0.4, 0.5) is 11.6 Å².